The molecule has 0 bridgehead atoms. The fourth-order valence-electron chi connectivity index (χ4n) is 1.57. The third-order valence-electron chi connectivity index (χ3n) is 2.57. The van der Waals surface area contributed by atoms with Crippen molar-refractivity contribution in [1.82, 2.24) is 19.6 Å². The molecule has 3 N–H and O–H groups in total. The Balaban J connectivity index is 2.62. The van der Waals surface area contributed by atoms with Crippen molar-refractivity contribution >= 4 is 11.5 Å². The highest BCUT2D eigenvalue weighted by molar-refractivity contribution is 5.62. The lowest BCUT2D eigenvalue weighted by Gasteiger charge is -2.18. The number of hydrogen-bond acceptors (Lipinski definition) is 5. The van der Waals surface area contributed by atoms with Crippen LogP contribution in [0.3, 0.4) is 0 Å². The highest BCUT2D eigenvalue weighted by Gasteiger charge is 2.19. The average Bonchev–Trinajstić information content (AvgIpc) is 2.67. The fraction of sp³-hybridized carbons (Fsp3) is 0.545. The summed E-state index contributed by atoms with van der Waals surface area (Å²) in [5, 5.41) is 18.1. The Labute approximate surface area is 104 Å². The number of hydrogen-bond donors (Lipinski definition) is 3. The third-order valence-corrected chi connectivity index (χ3v) is 2.57. The van der Waals surface area contributed by atoms with Gasteiger partial charge in [0, 0.05) is 18.2 Å². The summed E-state index contributed by atoms with van der Waals surface area (Å²) in [7, 11) is 0. The van der Waals surface area contributed by atoms with Gasteiger partial charge in [-0.25, -0.2) is 19.3 Å². The summed E-state index contributed by atoms with van der Waals surface area (Å²) < 4.78 is 1.42. The zero-order valence-electron chi connectivity index (χ0n) is 10.7. The number of aromatic amines is 1. The first-order valence-corrected chi connectivity index (χ1v) is 5.76. The van der Waals surface area contributed by atoms with E-state index in [-0.39, 0.29) is 17.7 Å². The molecule has 98 valence electrons. The van der Waals surface area contributed by atoms with Gasteiger partial charge in [-0.15, -0.1) is 5.10 Å². The molecule has 0 aliphatic carbocycles. The van der Waals surface area contributed by atoms with Crippen LogP contribution in [0, 0.1) is 0 Å². The van der Waals surface area contributed by atoms with Crippen LogP contribution in [0.2, 0.25) is 0 Å². The fourth-order valence-corrected chi connectivity index (χ4v) is 1.57. The van der Waals surface area contributed by atoms with Crippen molar-refractivity contribution in [2.75, 3.05) is 18.5 Å². The minimum absolute atomic E-state index is 0.0117. The summed E-state index contributed by atoms with van der Waals surface area (Å²) in [5.41, 5.74) is 0.728. The predicted octanol–water partition coefficient (Wildman–Crippen LogP) is 0.119. The molecule has 2 rings (SSSR count). The van der Waals surface area contributed by atoms with E-state index in [9.17, 15) is 4.79 Å². The van der Waals surface area contributed by atoms with E-state index in [2.05, 4.69) is 20.5 Å². The number of rotatable bonds is 3. The summed E-state index contributed by atoms with van der Waals surface area (Å²) in [6.45, 7) is 6.39. The van der Waals surface area contributed by atoms with Crippen molar-refractivity contribution in [3.63, 3.8) is 0 Å². The first kappa shape index (κ1) is 12.6. The van der Waals surface area contributed by atoms with Crippen molar-refractivity contribution in [2.45, 2.75) is 26.2 Å². The van der Waals surface area contributed by atoms with E-state index in [1.165, 1.54) is 4.40 Å². The number of anilines is 1. The molecule has 7 nitrogen and oxygen atoms in total. The van der Waals surface area contributed by atoms with E-state index in [4.69, 9.17) is 5.11 Å². The molecule has 0 atom stereocenters. The molecule has 0 saturated heterocycles. The lowest BCUT2D eigenvalue weighted by molar-refractivity contribution is 0.311. The van der Waals surface area contributed by atoms with Crippen LogP contribution in [0.5, 0.6) is 0 Å². The minimum atomic E-state index is -0.301. The van der Waals surface area contributed by atoms with E-state index in [0.717, 1.165) is 5.69 Å². The van der Waals surface area contributed by atoms with Crippen LogP contribution in [0.15, 0.2) is 11.0 Å². The Morgan fingerprint density at radius 3 is 2.83 bits per heavy atom. The van der Waals surface area contributed by atoms with Gasteiger partial charge in [-0.05, 0) is 0 Å². The van der Waals surface area contributed by atoms with E-state index in [1.54, 1.807) is 6.20 Å². The van der Waals surface area contributed by atoms with Crippen LogP contribution in [-0.4, -0.2) is 37.8 Å². The van der Waals surface area contributed by atoms with Crippen molar-refractivity contribution in [3.8, 4) is 0 Å². The summed E-state index contributed by atoms with van der Waals surface area (Å²) in [5.74, 6) is 0.495. The number of nitrogens with zero attached hydrogens (tertiary/aromatic N) is 3. The largest absolute Gasteiger partial charge is 0.395 e. The Hall–Kier alpha value is -1.89. The second-order valence-electron chi connectivity index (χ2n) is 5.10. The van der Waals surface area contributed by atoms with Crippen LogP contribution < -0.4 is 11.0 Å². The topological polar surface area (TPSA) is 95.3 Å². The second kappa shape index (κ2) is 4.41. The quantitative estimate of drug-likeness (QED) is 0.720. The van der Waals surface area contributed by atoms with Crippen LogP contribution in [0.4, 0.5) is 5.82 Å². The van der Waals surface area contributed by atoms with E-state index < -0.39 is 0 Å². The van der Waals surface area contributed by atoms with E-state index in [0.29, 0.717) is 18.0 Å². The average molecular weight is 251 g/mol. The molecule has 2 aromatic heterocycles. The Morgan fingerprint density at radius 2 is 2.22 bits per heavy atom. The summed E-state index contributed by atoms with van der Waals surface area (Å²) in [4.78, 5) is 16.1. The number of aliphatic hydroxyl groups excluding tert-OH is 1. The molecule has 0 amide bonds. The normalized spacial score (nSPS) is 12.0. The van der Waals surface area contributed by atoms with Crippen LogP contribution in [0.1, 0.15) is 26.5 Å². The molecule has 0 fully saturated rings. The van der Waals surface area contributed by atoms with Crippen molar-refractivity contribution in [1.29, 1.82) is 0 Å². The summed E-state index contributed by atoms with van der Waals surface area (Å²) in [6.07, 6.45) is 1.69. The smallest absolute Gasteiger partial charge is 0.347 e. The van der Waals surface area contributed by atoms with E-state index >= 15 is 0 Å². The maximum Gasteiger partial charge on any atom is 0.347 e. The van der Waals surface area contributed by atoms with Gasteiger partial charge < -0.3 is 10.4 Å². The standard InChI is InChI=1S/C11H17N5O2/c1-11(2,3)7-6-16-9(14-15-10(16)18)8(13-7)12-4-5-17/h6,17H,4-5H2,1-3H3,(H,12,13)(H,15,18). The maximum atomic E-state index is 11.6. The minimum Gasteiger partial charge on any atom is -0.395 e. The highest BCUT2D eigenvalue weighted by atomic mass is 16.3. The molecule has 18 heavy (non-hydrogen) atoms. The molecule has 7 heteroatoms. The molecular formula is C11H17N5O2. The van der Waals surface area contributed by atoms with Gasteiger partial charge in [-0.1, -0.05) is 20.8 Å². The molecule has 0 saturated carbocycles. The highest BCUT2D eigenvalue weighted by Crippen LogP contribution is 2.22. The molecule has 2 heterocycles. The number of nitrogens with one attached hydrogen (secondary N) is 2. The molecule has 0 spiro atoms. The number of fused-ring (bicyclic) bond motifs is 1. The number of H-pyrrole nitrogens is 1. The number of aromatic nitrogens is 4. The third kappa shape index (κ3) is 2.21. The van der Waals surface area contributed by atoms with Crippen molar-refractivity contribution in [2.24, 2.45) is 0 Å². The number of aliphatic hydroxyl groups is 1. The van der Waals surface area contributed by atoms with Gasteiger partial charge in [0.1, 0.15) is 0 Å². The van der Waals surface area contributed by atoms with Gasteiger partial charge in [-0.3, -0.25) is 0 Å². The second-order valence-corrected chi connectivity index (χ2v) is 5.10. The summed E-state index contributed by atoms with van der Waals surface area (Å²) in [6, 6.07) is 0. The van der Waals surface area contributed by atoms with Gasteiger partial charge in [0.25, 0.3) is 0 Å². The van der Waals surface area contributed by atoms with Gasteiger partial charge in [0.2, 0.25) is 5.65 Å². The summed E-state index contributed by atoms with van der Waals surface area (Å²) >= 11 is 0. The van der Waals surface area contributed by atoms with Gasteiger partial charge in [0.05, 0.1) is 12.3 Å². The Bertz CT molecular complexity index is 608. The van der Waals surface area contributed by atoms with E-state index in [1.807, 2.05) is 20.8 Å². The van der Waals surface area contributed by atoms with Crippen LogP contribution in [0.25, 0.3) is 5.65 Å². The van der Waals surface area contributed by atoms with Gasteiger partial charge >= 0.3 is 5.69 Å². The first-order valence-electron chi connectivity index (χ1n) is 5.76. The molecule has 0 aliphatic heterocycles. The Kier molecular flexibility index (Phi) is 3.08. The molecule has 2 aromatic rings. The maximum absolute atomic E-state index is 11.6. The van der Waals surface area contributed by atoms with Crippen molar-refractivity contribution < 1.29 is 5.11 Å². The molecular weight excluding hydrogens is 234 g/mol. The zero-order valence-corrected chi connectivity index (χ0v) is 10.7. The lowest BCUT2D eigenvalue weighted by Crippen LogP contribution is -2.20. The zero-order chi connectivity index (χ0) is 13.3. The molecule has 0 aliphatic rings. The SMILES string of the molecule is CC(C)(C)c1cn2c(=O)[nH]nc2c(NCCO)n1. The molecule has 0 radical (unpaired) electrons. The predicted molar refractivity (Wildman–Crippen MR) is 67.9 cm³/mol. The van der Waals surface area contributed by atoms with Gasteiger partial charge in [0.15, 0.2) is 5.82 Å². The molecule has 0 unspecified atom stereocenters. The van der Waals surface area contributed by atoms with Gasteiger partial charge in [-0.2, -0.15) is 0 Å². The van der Waals surface area contributed by atoms with Crippen LogP contribution >= 0.6 is 0 Å². The molecule has 0 aromatic carbocycles. The lowest BCUT2D eigenvalue weighted by atomic mass is 9.93. The first-order chi connectivity index (χ1) is 8.43. The van der Waals surface area contributed by atoms with Crippen molar-refractivity contribution in [3.05, 3.63) is 22.4 Å². The Morgan fingerprint density at radius 1 is 1.50 bits per heavy atom. The van der Waals surface area contributed by atoms with Crippen LogP contribution in [-0.2, 0) is 5.41 Å². The monoisotopic (exact) mass is 251 g/mol.